The van der Waals surface area contributed by atoms with Crippen molar-refractivity contribution in [2.45, 2.75) is 6.92 Å². The summed E-state index contributed by atoms with van der Waals surface area (Å²) in [6.07, 6.45) is 2.46. The van der Waals surface area contributed by atoms with Crippen molar-refractivity contribution in [3.05, 3.63) is 51.7 Å². The lowest BCUT2D eigenvalue weighted by atomic mass is 10.1. The Morgan fingerprint density at radius 3 is 2.80 bits per heavy atom. The number of rotatable bonds is 2. The van der Waals surface area contributed by atoms with E-state index in [9.17, 15) is 9.18 Å². The Bertz CT molecular complexity index is 507. The molecule has 2 aromatic heterocycles. The highest BCUT2D eigenvalue weighted by Crippen LogP contribution is 2.20. The molecule has 0 aliphatic rings. The zero-order valence-electron chi connectivity index (χ0n) is 8.03. The van der Waals surface area contributed by atoms with Gasteiger partial charge in [0.05, 0.1) is 16.6 Å². The summed E-state index contributed by atoms with van der Waals surface area (Å²) in [5.74, 6) is -0.860. The molecule has 0 N–H and O–H groups in total. The van der Waals surface area contributed by atoms with Gasteiger partial charge in [0.15, 0.2) is 5.82 Å². The van der Waals surface area contributed by atoms with Crippen LogP contribution in [0.15, 0.2) is 30.6 Å². The zero-order chi connectivity index (χ0) is 10.8. The lowest BCUT2D eigenvalue weighted by Crippen LogP contribution is -2.02. The maximum atomic E-state index is 13.3. The smallest absolute Gasteiger partial charge is 0.206 e. The van der Waals surface area contributed by atoms with Crippen molar-refractivity contribution in [2.24, 2.45) is 0 Å². The molecule has 0 unspecified atom stereocenters. The molecule has 0 spiro atoms. The van der Waals surface area contributed by atoms with E-state index in [4.69, 9.17) is 0 Å². The van der Waals surface area contributed by atoms with Gasteiger partial charge >= 0.3 is 0 Å². The lowest BCUT2D eigenvalue weighted by Gasteiger charge is -1.98. The fourth-order valence-electron chi connectivity index (χ4n) is 1.25. The molecule has 0 bridgehead atoms. The number of thiophene rings is 1. The van der Waals surface area contributed by atoms with Crippen LogP contribution >= 0.6 is 11.3 Å². The van der Waals surface area contributed by atoms with Crippen molar-refractivity contribution >= 4 is 17.1 Å². The predicted molar refractivity (Wildman–Crippen MR) is 56.7 cm³/mol. The van der Waals surface area contributed by atoms with E-state index in [1.54, 1.807) is 6.07 Å². The van der Waals surface area contributed by atoms with E-state index >= 15 is 0 Å². The minimum Gasteiger partial charge on any atom is -0.288 e. The molecule has 0 saturated carbocycles. The molecular weight excluding hydrogens is 213 g/mol. The van der Waals surface area contributed by atoms with Crippen LogP contribution in [0.2, 0.25) is 0 Å². The van der Waals surface area contributed by atoms with Crippen molar-refractivity contribution < 1.29 is 9.18 Å². The Balaban J connectivity index is 2.41. The summed E-state index contributed by atoms with van der Waals surface area (Å²) in [4.78, 5) is 17.0. The molecule has 0 radical (unpaired) electrons. The molecule has 76 valence electrons. The number of aryl methyl sites for hydroxylation is 1. The molecule has 0 aliphatic carbocycles. The summed E-state index contributed by atoms with van der Waals surface area (Å²) in [7, 11) is 0. The molecule has 0 saturated heterocycles. The second-order valence-corrected chi connectivity index (χ2v) is 4.38. The third-order valence-electron chi connectivity index (χ3n) is 1.98. The summed E-state index contributed by atoms with van der Waals surface area (Å²) in [5, 5.41) is 0. The van der Waals surface area contributed by atoms with Gasteiger partial charge in [0.1, 0.15) is 0 Å². The van der Waals surface area contributed by atoms with E-state index < -0.39 is 5.82 Å². The number of pyridine rings is 1. The molecular formula is C11H8FNOS. The van der Waals surface area contributed by atoms with Crippen LogP contribution in [-0.2, 0) is 0 Å². The van der Waals surface area contributed by atoms with Gasteiger partial charge in [-0.1, -0.05) is 0 Å². The van der Waals surface area contributed by atoms with E-state index in [2.05, 4.69) is 4.98 Å². The third kappa shape index (κ3) is 1.94. The number of ketones is 1. The average molecular weight is 221 g/mol. The Labute approximate surface area is 90.4 Å². The summed E-state index contributed by atoms with van der Waals surface area (Å²) in [6.45, 7) is 1.91. The molecule has 2 rings (SSSR count). The minimum atomic E-state index is -0.575. The normalized spacial score (nSPS) is 10.3. The summed E-state index contributed by atoms with van der Waals surface area (Å²) in [5.41, 5.74) is 0.0758. The molecule has 15 heavy (non-hydrogen) atoms. The van der Waals surface area contributed by atoms with Gasteiger partial charge in [0, 0.05) is 11.1 Å². The fraction of sp³-hybridized carbons (Fsp3) is 0.0909. The molecule has 0 aromatic carbocycles. The van der Waals surface area contributed by atoms with E-state index in [1.807, 2.05) is 13.0 Å². The topological polar surface area (TPSA) is 30.0 Å². The first-order valence-corrected chi connectivity index (χ1v) is 5.21. The van der Waals surface area contributed by atoms with Crippen molar-refractivity contribution in [3.8, 4) is 0 Å². The van der Waals surface area contributed by atoms with E-state index in [1.165, 1.54) is 23.6 Å². The van der Waals surface area contributed by atoms with E-state index in [-0.39, 0.29) is 11.3 Å². The summed E-state index contributed by atoms with van der Waals surface area (Å²) in [6, 6.07) is 4.95. The van der Waals surface area contributed by atoms with E-state index in [0.29, 0.717) is 4.88 Å². The van der Waals surface area contributed by atoms with Crippen LogP contribution in [0.5, 0.6) is 0 Å². The zero-order valence-corrected chi connectivity index (χ0v) is 8.84. The molecule has 2 heterocycles. The van der Waals surface area contributed by atoms with Crippen LogP contribution in [0.25, 0.3) is 0 Å². The largest absolute Gasteiger partial charge is 0.288 e. The standard InChI is InChI=1S/C11H8FNOS/c1-7-2-3-10(15-7)11(14)8-4-5-13-6-9(8)12/h2-6H,1H3. The summed E-state index contributed by atoms with van der Waals surface area (Å²) < 4.78 is 13.3. The van der Waals surface area contributed by atoms with Crippen molar-refractivity contribution in [1.82, 2.24) is 4.98 Å². The monoisotopic (exact) mass is 221 g/mol. The SMILES string of the molecule is Cc1ccc(C(=O)c2ccncc2F)s1. The highest BCUT2D eigenvalue weighted by atomic mass is 32.1. The van der Waals surface area contributed by atoms with Crippen molar-refractivity contribution in [2.75, 3.05) is 0 Å². The predicted octanol–water partition coefficient (Wildman–Crippen LogP) is 2.82. The van der Waals surface area contributed by atoms with Crippen LogP contribution in [0.4, 0.5) is 4.39 Å². The first kappa shape index (κ1) is 9.98. The fourth-order valence-corrected chi connectivity index (χ4v) is 2.07. The van der Waals surface area contributed by atoms with Crippen LogP contribution in [0, 0.1) is 12.7 Å². The first-order chi connectivity index (χ1) is 7.18. The highest BCUT2D eigenvalue weighted by Gasteiger charge is 2.14. The van der Waals surface area contributed by atoms with Crippen LogP contribution in [0.3, 0.4) is 0 Å². The number of halogens is 1. The molecule has 0 atom stereocenters. The highest BCUT2D eigenvalue weighted by molar-refractivity contribution is 7.14. The van der Waals surface area contributed by atoms with Crippen molar-refractivity contribution in [1.29, 1.82) is 0 Å². The number of hydrogen-bond acceptors (Lipinski definition) is 3. The molecule has 4 heteroatoms. The number of aromatic nitrogens is 1. The van der Waals surface area contributed by atoms with Crippen LogP contribution in [-0.4, -0.2) is 10.8 Å². The number of carbonyl (C=O) groups is 1. The first-order valence-electron chi connectivity index (χ1n) is 4.39. The van der Waals surface area contributed by atoms with Gasteiger partial charge in [0.2, 0.25) is 5.78 Å². The van der Waals surface area contributed by atoms with Gasteiger partial charge in [-0.3, -0.25) is 9.78 Å². The number of carbonyl (C=O) groups excluding carboxylic acids is 1. The van der Waals surface area contributed by atoms with Crippen LogP contribution < -0.4 is 0 Å². The second kappa shape index (κ2) is 3.90. The molecule has 0 fully saturated rings. The second-order valence-electron chi connectivity index (χ2n) is 3.09. The minimum absolute atomic E-state index is 0.0758. The Kier molecular flexibility index (Phi) is 2.60. The molecule has 2 nitrogen and oxygen atoms in total. The van der Waals surface area contributed by atoms with Gasteiger partial charge in [-0.15, -0.1) is 11.3 Å². The Morgan fingerprint density at radius 2 is 2.20 bits per heavy atom. The van der Waals surface area contributed by atoms with Gasteiger partial charge in [0.25, 0.3) is 0 Å². The quantitative estimate of drug-likeness (QED) is 0.730. The lowest BCUT2D eigenvalue weighted by molar-refractivity contribution is 0.103. The average Bonchev–Trinajstić information content (AvgIpc) is 2.65. The van der Waals surface area contributed by atoms with Gasteiger partial charge in [-0.05, 0) is 25.1 Å². The third-order valence-corrected chi connectivity index (χ3v) is 2.98. The number of hydrogen-bond donors (Lipinski definition) is 0. The molecule has 2 aromatic rings. The molecule has 0 amide bonds. The van der Waals surface area contributed by atoms with Gasteiger partial charge in [-0.2, -0.15) is 0 Å². The maximum absolute atomic E-state index is 13.3. The van der Waals surface area contributed by atoms with Gasteiger partial charge < -0.3 is 0 Å². The van der Waals surface area contributed by atoms with Gasteiger partial charge in [-0.25, -0.2) is 4.39 Å². The van der Waals surface area contributed by atoms with E-state index in [0.717, 1.165) is 11.1 Å². The Morgan fingerprint density at radius 1 is 1.40 bits per heavy atom. The molecule has 0 aliphatic heterocycles. The summed E-state index contributed by atoms with van der Waals surface area (Å²) >= 11 is 1.36. The number of nitrogens with zero attached hydrogens (tertiary/aromatic N) is 1. The Hall–Kier alpha value is -1.55. The maximum Gasteiger partial charge on any atom is 0.206 e. The van der Waals surface area contributed by atoms with Crippen LogP contribution in [0.1, 0.15) is 20.1 Å². The van der Waals surface area contributed by atoms with Crippen molar-refractivity contribution in [3.63, 3.8) is 0 Å².